The van der Waals surface area contributed by atoms with E-state index >= 15 is 0 Å². The van der Waals surface area contributed by atoms with Gasteiger partial charge in [-0.05, 0) is 52.4 Å². The summed E-state index contributed by atoms with van der Waals surface area (Å²) in [6.07, 6.45) is 2.41. The lowest BCUT2D eigenvalue weighted by Crippen LogP contribution is -2.38. The van der Waals surface area contributed by atoms with Crippen molar-refractivity contribution in [2.24, 2.45) is 0 Å². The van der Waals surface area contributed by atoms with Crippen molar-refractivity contribution in [1.29, 1.82) is 0 Å². The van der Waals surface area contributed by atoms with Gasteiger partial charge in [0.2, 0.25) is 0 Å². The van der Waals surface area contributed by atoms with E-state index in [1.54, 1.807) is 0 Å². The molecule has 0 bridgehead atoms. The molecular weight excluding hydrogens is 238 g/mol. The molecule has 1 aromatic rings. The van der Waals surface area contributed by atoms with Crippen LogP contribution in [0.2, 0.25) is 0 Å². The Labute approximate surface area is 116 Å². The Hall–Kier alpha value is -1.13. The topological polar surface area (TPSA) is 39.6 Å². The first-order valence-corrected chi connectivity index (χ1v) is 7.02. The molecule has 1 N–H and O–H groups in total. The lowest BCUT2D eigenvalue weighted by Gasteiger charge is -2.30. The highest BCUT2D eigenvalue weighted by Crippen LogP contribution is 2.29. The normalized spacial score (nSPS) is 19.5. The first kappa shape index (κ1) is 14.3. The summed E-state index contributed by atoms with van der Waals surface area (Å²) in [4.78, 5) is 9.30. The molecule has 0 aromatic carbocycles. The number of aliphatic hydroxyl groups excluding tert-OH is 1. The molecule has 1 atom stereocenters. The second-order valence-corrected chi connectivity index (χ2v) is 5.79. The largest absolute Gasteiger partial charge is 0.392 e. The van der Waals surface area contributed by atoms with Crippen molar-refractivity contribution in [3.63, 3.8) is 0 Å². The van der Waals surface area contributed by atoms with Gasteiger partial charge in [0.05, 0.1) is 6.61 Å². The van der Waals surface area contributed by atoms with Gasteiger partial charge in [0.1, 0.15) is 5.82 Å². The van der Waals surface area contributed by atoms with Gasteiger partial charge in [-0.1, -0.05) is 0 Å². The van der Waals surface area contributed by atoms with E-state index in [0.29, 0.717) is 6.04 Å². The highest BCUT2D eigenvalue weighted by atomic mass is 16.3. The van der Waals surface area contributed by atoms with Crippen molar-refractivity contribution in [3.05, 3.63) is 22.9 Å². The van der Waals surface area contributed by atoms with Gasteiger partial charge in [-0.15, -0.1) is 0 Å². The third-order valence-electron chi connectivity index (χ3n) is 3.84. The van der Waals surface area contributed by atoms with Gasteiger partial charge in [0.15, 0.2) is 0 Å². The summed E-state index contributed by atoms with van der Waals surface area (Å²) in [6.45, 7) is 6.23. The maximum Gasteiger partial charge on any atom is 0.134 e. The molecule has 1 aliphatic heterocycles. The molecule has 0 spiro atoms. The van der Waals surface area contributed by atoms with Gasteiger partial charge < -0.3 is 14.9 Å². The second kappa shape index (κ2) is 5.88. The highest BCUT2D eigenvalue weighted by Gasteiger charge is 2.28. The average Bonchev–Trinajstić information content (AvgIpc) is 2.75. The summed E-state index contributed by atoms with van der Waals surface area (Å²) in [5.41, 5.74) is 3.15. The van der Waals surface area contributed by atoms with Crippen LogP contribution in [-0.4, -0.2) is 48.2 Å². The number of aromatic nitrogens is 1. The molecule has 106 valence electrons. The number of likely N-dealkylation sites (N-methyl/N-ethyl adjacent to an activating group) is 1. The molecular formula is C15H25N3O. The van der Waals surface area contributed by atoms with Crippen LogP contribution in [0, 0.1) is 13.8 Å². The van der Waals surface area contributed by atoms with Crippen molar-refractivity contribution < 1.29 is 5.11 Å². The summed E-state index contributed by atoms with van der Waals surface area (Å²) < 4.78 is 0. The quantitative estimate of drug-likeness (QED) is 0.898. The summed E-state index contributed by atoms with van der Waals surface area (Å²) in [5, 5.41) is 9.64. The Morgan fingerprint density at radius 3 is 2.79 bits per heavy atom. The summed E-state index contributed by atoms with van der Waals surface area (Å²) in [6, 6.07) is 2.56. The van der Waals surface area contributed by atoms with E-state index in [4.69, 9.17) is 4.98 Å². The molecule has 0 saturated carbocycles. The SMILES string of the molecule is Cc1cc(C)c(CO)c(N2CCCC2CN(C)C)n1. The molecule has 2 rings (SSSR count). The van der Waals surface area contributed by atoms with Crippen LogP contribution in [0.1, 0.15) is 29.7 Å². The van der Waals surface area contributed by atoms with Gasteiger partial charge in [-0.2, -0.15) is 0 Å². The molecule has 0 aliphatic carbocycles. The highest BCUT2D eigenvalue weighted by molar-refractivity contribution is 5.53. The number of hydrogen-bond acceptors (Lipinski definition) is 4. The lowest BCUT2D eigenvalue weighted by atomic mass is 10.1. The van der Waals surface area contributed by atoms with Crippen molar-refractivity contribution in [3.8, 4) is 0 Å². The average molecular weight is 263 g/mol. The molecule has 4 nitrogen and oxygen atoms in total. The zero-order valence-corrected chi connectivity index (χ0v) is 12.5. The van der Waals surface area contributed by atoms with Crippen LogP contribution in [0.25, 0.3) is 0 Å². The first-order chi connectivity index (χ1) is 9.02. The van der Waals surface area contributed by atoms with Crippen LogP contribution in [-0.2, 0) is 6.61 Å². The third-order valence-corrected chi connectivity index (χ3v) is 3.84. The smallest absolute Gasteiger partial charge is 0.134 e. The van der Waals surface area contributed by atoms with Crippen LogP contribution in [0.3, 0.4) is 0 Å². The standard InChI is InChI=1S/C15H25N3O/c1-11-8-12(2)16-15(14(11)10-19)18-7-5-6-13(18)9-17(3)4/h8,13,19H,5-7,9-10H2,1-4H3. The number of pyridine rings is 1. The van der Waals surface area contributed by atoms with Gasteiger partial charge in [0, 0.05) is 30.4 Å². The van der Waals surface area contributed by atoms with Crippen LogP contribution in [0.4, 0.5) is 5.82 Å². The van der Waals surface area contributed by atoms with E-state index in [9.17, 15) is 5.11 Å². The van der Waals surface area contributed by atoms with Crippen LogP contribution < -0.4 is 4.90 Å². The fraction of sp³-hybridized carbons (Fsp3) is 0.667. The van der Waals surface area contributed by atoms with E-state index in [1.165, 1.54) is 12.8 Å². The van der Waals surface area contributed by atoms with Crippen molar-refractivity contribution in [1.82, 2.24) is 9.88 Å². The lowest BCUT2D eigenvalue weighted by molar-refractivity contribution is 0.280. The first-order valence-electron chi connectivity index (χ1n) is 7.02. The predicted molar refractivity (Wildman–Crippen MR) is 78.6 cm³/mol. The number of rotatable bonds is 4. The maximum atomic E-state index is 9.64. The Bertz CT molecular complexity index is 445. The zero-order valence-electron chi connectivity index (χ0n) is 12.5. The Morgan fingerprint density at radius 2 is 2.16 bits per heavy atom. The fourth-order valence-corrected chi connectivity index (χ4v) is 3.00. The minimum atomic E-state index is 0.0691. The molecule has 2 heterocycles. The minimum absolute atomic E-state index is 0.0691. The van der Waals surface area contributed by atoms with Crippen LogP contribution >= 0.6 is 0 Å². The molecule has 1 fully saturated rings. The summed E-state index contributed by atoms with van der Waals surface area (Å²) in [5.74, 6) is 0.990. The zero-order chi connectivity index (χ0) is 14.0. The van der Waals surface area contributed by atoms with E-state index < -0.39 is 0 Å². The van der Waals surface area contributed by atoms with Crippen LogP contribution in [0.15, 0.2) is 6.07 Å². The fourth-order valence-electron chi connectivity index (χ4n) is 3.00. The van der Waals surface area contributed by atoms with Gasteiger partial charge in [0.25, 0.3) is 0 Å². The summed E-state index contributed by atoms with van der Waals surface area (Å²) >= 11 is 0. The number of aliphatic hydroxyl groups is 1. The van der Waals surface area contributed by atoms with Crippen LogP contribution in [0.5, 0.6) is 0 Å². The maximum absolute atomic E-state index is 9.64. The van der Waals surface area contributed by atoms with Crippen molar-refractivity contribution in [2.45, 2.75) is 39.3 Å². The van der Waals surface area contributed by atoms with Crippen molar-refractivity contribution in [2.75, 3.05) is 32.1 Å². The Morgan fingerprint density at radius 1 is 1.42 bits per heavy atom. The molecule has 19 heavy (non-hydrogen) atoms. The Balaban J connectivity index is 2.34. The van der Waals surface area contributed by atoms with E-state index in [2.05, 4.69) is 30.8 Å². The number of anilines is 1. The molecule has 1 aliphatic rings. The molecule has 0 amide bonds. The van der Waals surface area contributed by atoms with Gasteiger partial charge in [-0.3, -0.25) is 0 Å². The van der Waals surface area contributed by atoms with E-state index in [1.807, 2.05) is 13.0 Å². The number of aryl methyl sites for hydroxylation is 2. The molecule has 1 unspecified atom stereocenters. The van der Waals surface area contributed by atoms with Crippen molar-refractivity contribution >= 4 is 5.82 Å². The van der Waals surface area contributed by atoms with Gasteiger partial charge in [-0.25, -0.2) is 4.98 Å². The number of nitrogens with zero attached hydrogens (tertiary/aromatic N) is 3. The predicted octanol–water partition coefficient (Wildman–Crippen LogP) is 1.72. The molecule has 1 aromatic heterocycles. The number of hydrogen-bond donors (Lipinski definition) is 1. The molecule has 0 radical (unpaired) electrons. The second-order valence-electron chi connectivity index (χ2n) is 5.79. The van der Waals surface area contributed by atoms with E-state index in [0.717, 1.165) is 35.7 Å². The van der Waals surface area contributed by atoms with Gasteiger partial charge >= 0.3 is 0 Å². The Kier molecular flexibility index (Phi) is 4.42. The molecule has 4 heteroatoms. The summed E-state index contributed by atoms with van der Waals surface area (Å²) in [7, 11) is 4.22. The third kappa shape index (κ3) is 3.07. The monoisotopic (exact) mass is 263 g/mol. The molecule has 1 saturated heterocycles. The van der Waals surface area contributed by atoms with E-state index in [-0.39, 0.29) is 6.61 Å². The minimum Gasteiger partial charge on any atom is -0.392 e.